The van der Waals surface area contributed by atoms with E-state index in [-0.39, 0.29) is 23.5 Å². The summed E-state index contributed by atoms with van der Waals surface area (Å²) in [7, 11) is -3.04. The van der Waals surface area contributed by atoms with E-state index in [1.807, 2.05) is 25.1 Å². The van der Waals surface area contributed by atoms with E-state index in [0.29, 0.717) is 25.2 Å². The van der Waals surface area contributed by atoms with Crippen molar-refractivity contribution in [1.82, 2.24) is 14.9 Å². The van der Waals surface area contributed by atoms with Crippen LogP contribution in [-0.4, -0.2) is 53.3 Å². The highest BCUT2D eigenvalue weighted by Gasteiger charge is 2.34. The molecule has 1 aliphatic heterocycles. The fraction of sp³-hybridized carbons (Fsp3) is 0.389. The summed E-state index contributed by atoms with van der Waals surface area (Å²) in [5, 5.41) is 3.21. The summed E-state index contributed by atoms with van der Waals surface area (Å²) in [6.45, 7) is 2.88. The molecule has 2 aromatic heterocycles. The normalized spacial score (nSPS) is 18.4. The van der Waals surface area contributed by atoms with Crippen molar-refractivity contribution in [3.63, 3.8) is 0 Å². The van der Waals surface area contributed by atoms with Crippen molar-refractivity contribution in [2.24, 2.45) is 0 Å². The van der Waals surface area contributed by atoms with Crippen LogP contribution in [0.1, 0.15) is 29.5 Å². The van der Waals surface area contributed by atoms with Gasteiger partial charge in [0.2, 0.25) is 0 Å². The number of anilines is 1. The van der Waals surface area contributed by atoms with Crippen molar-refractivity contribution >= 4 is 21.4 Å². The number of hydrogen-bond acceptors (Lipinski definition) is 6. The lowest BCUT2D eigenvalue weighted by Gasteiger charge is -2.26. The monoisotopic (exact) mass is 374 g/mol. The maximum absolute atomic E-state index is 12.7. The number of pyridine rings is 2. The van der Waals surface area contributed by atoms with Gasteiger partial charge in [0.15, 0.2) is 9.84 Å². The standard InChI is InChI=1S/C18H22N4O3S/c1-2-22(16-8-10-26(24,25)13-16)18(23)17-7-6-15(12-21-17)20-11-14-5-3-4-9-19-14/h3-7,9,12,16,20H,2,8,10-11,13H2,1H3. The molecule has 1 unspecified atom stereocenters. The molecular weight excluding hydrogens is 352 g/mol. The SMILES string of the molecule is CCN(C(=O)c1ccc(NCc2ccccn2)cn1)C1CCS(=O)(=O)C1. The molecule has 0 spiro atoms. The van der Waals surface area contributed by atoms with Crippen LogP contribution in [0, 0.1) is 0 Å². The fourth-order valence-corrected chi connectivity index (χ4v) is 4.79. The topological polar surface area (TPSA) is 92.3 Å². The van der Waals surface area contributed by atoms with Crippen molar-refractivity contribution in [3.8, 4) is 0 Å². The van der Waals surface area contributed by atoms with Gasteiger partial charge in [0, 0.05) is 18.8 Å². The predicted octanol–water partition coefficient (Wildman–Crippen LogP) is 1.74. The second kappa shape index (κ2) is 7.82. The molecule has 0 bridgehead atoms. The number of sulfone groups is 1. The van der Waals surface area contributed by atoms with Crippen LogP contribution >= 0.6 is 0 Å². The Hall–Kier alpha value is -2.48. The molecule has 1 amide bonds. The zero-order valence-corrected chi connectivity index (χ0v) is 15.4. The van der Waals surface area contributed by atoms with Crippen molar-refractivity contribution in [2.45, 2.75) is 25.9 Å². The maximum atomic E-state index is 12.7. The van der Waals surface area contributed by atoms with Crippen LogP contribution in [0.15, 0.2) is 42.7 Å². The zero-order chi connectivity index (χ0) is 18.6. The summed E-state index contributed by atoms with van der Waals surface area (Å²) in [4.78, 5) is 22.8. The summed E-state index contributed by atoms with van der Waals surface area (Å²) in [6, 6.07) is 8.90. The Morgan fingerprint density at radius 1 is 1.27 bits per heavy atom. The first-order valence-electron chi connectivity index (χ1n) is 8.60. The number of amides is 1. The molecule has 1 atom stereocenters. The minimum absolute atomic E-state index is 0.0380. The highest BCUT2D eigenvalue weighted by Crippen LogP contribution is 2.20. The summed E-state index contributed by atoms with van der Waals surface area (Å²) in [5.41, 5.74) is 2.02. The molecule has 3 heterocycles. The van der Waals surface area contributed by atoms with Crippen molar-refractivity contribution in [1.29, 1.82) is 0 Å². The van der Waals surface area contributed by atoms with E-state index in [1.165, 1.54) is 0 Å². The van der Waals surface area contributed by atoms with Gasteiger partial charge in [0.05, 0.1) is 35.6 Å². The smallest absolute Gasteiger partial charge is 0.272 e. The average molecular weight is 374 g/mol. The first-order chi connectivity index (χ1) is 12.5. The lowest BCUT2D eigenvalue weighted by molar-refractivity contribution is 0.0702. The number of rotatable bonds is 6. The zero-order valence-electron chi connectivity index (χ0n) is 14.6. The van der Waals surface area contributed by atoms with Gasteiger partial charge in [-0.05, 0) is 37.6 Å². The molecule has 2 aromatic rings. The van der Waals surface area contributed by atoms with Crippen LogP contribution in [0.2, 0.25) is 0 Å². The van der Waals surface area contributed by atoms with Gasteiger partial charge in [-0.1, -0.05) is 6.07 Å². The molecule has 1 fully saturated rings. The van der Waals surface area contributed by atoms with Gasteiger partial charge in [0.1, 0.15) is 5.69 Å². The summed E-state index contributed by atoms with van der Waals surface area (Å²) < 4.78 is 23.4. The first-order valence-corrected chi connectivity index (χ1v) is 10.4. The third kappa shape index (κ3) is 4.37. The number of nitrogens with one attached hydrogen (secondary N) is 1. The van der Waals surface area contributed by atoms with Crippen LogP contribution in [0.4, 0.5) is 5.69 Å². The van der Waals surface area contributed by atoms with Gasteiger partial charge in [0.25, 0.3) is 5.91 Å². The molecule has 3 rings (SSSR count). The number of carbonyl (C=O) groups is 1. The van der Waals surface area contributed by atoms with E-state index in [1.54, 1.807) is 29.4 Å². The Kier molecular flexibility index (Phi) is 5.51. The van der Waals surface area contributed by atoms with Crippen LogP contribution < -0.4 is 5.32 Å². The van der Waals surface area contributed by atoms with Gasteiger partial charge < -0.3 is 10.2 Å². The fourth-order valence-electron chi connectivity index (χ4n) is 3.06. The van der Waals surface area contributed by atoms with E-state index in [2.05, 4.69) is 15.3 Å². The number of nitrogens with zero attached hydrogens (tertiary/aromatic N) is 3. The van der Waals surface area contributed by atoms with E-state index >= 15 is 0 Å². The predicted molar refractivity (Wildman–Crippen MR) is 99.6 cm³/mol. The lowest BCUT2D eigenvalue weighted by atomic mass is 10.2. The highest BCUT2D eigenvalue weighted by molar-refractivity contribution is 7.91. The Bertz CT molecular complexity index is 854. The molecular formula is C18H22N4O3S. The van der Waals surface area contributed by atoms with E-state index < -0.39 is 9.84 Å². The average Bonchev–Trinajstić information content (AvgIpc) is 3.01. The van der Waals surface area contributed by atoms with Gasteiger partial charge in [-0.2, -0.15) is 0 Å². The second-order valence-corrected chi connectivity index (χ2v) is 8.48. The number of aromatic nitrogens is 2. The van der Waals surface area contributed by atoms with Gasteiger partial charge in [-0.3, -0.25) is 9.78 Å². The molecule has 1 N–H and O–H groups in total. The third-order valence-electron chi connectivity index (χ3n) is 4.43. The van der Waals surface area contributed by atoms with Crippen LogP contribution in [0.25, 0.3) is 0 Å². The van der Waals surface area contributed by atoms with Gasteiger partial charge in [-0.15, -0.1) is 0 Å². The molecule has 0 aromatic carbocycles. The van der Waals surface area contributed by atoms with Crippen LogP contribution in [-0.2, 0) is 16.4 Å². The minimum atomic E-state index is -3.04. The van der Waals surface area contributed by atoms with Crippen molar-refractivity contribution in [3.05, 3.63) is 54.1 Å². The molecule has 138 valence electrons. The minimum Gasteiger partial charge on any atom is -0.378 e. The Morgan fingerprint density at radius 3 is 2.69 bits per heavy atom. The third-order valence-corrected chi connectivity index (χ3v) is 6.18. The lowest BCUT2D eigenvalue weighted by Crippen LogP contribution is -2.41. The van der Waals surface area contributed by atoms with Gasteiger partial charge in [-0.25, -0.2) is 13.4 Å². The van der Waals surface area contributed by atoms with E-state index in [0.717, 1.165) is 11.4 Å². The summed E-state index contributed by atoms with van der Waals surface area (Å²) >= 11 is 0. The molecule has 26 heavy (non-hydrogen) atoms. The molecule has 0 saturated carbocycles. The quantitative estimate of drug-likeness (QED) is 0.828. The maximum Gasteiger partial charge on any atom is 0.272 e. The van der Waals surface area contributed by atoms with E-state index in [9.17, 15) is 13.2 Å². The Labute approximate surface area is 153 Å². The van der Waals surface area contributed by atoms with Crippen LogP contribution in [0.3, 0.4) is 0 Å². The van der Waals surface area contributed by atoms with Crippen molar-refractivity contribution in [2.75, 3.05) is 23.4 Å². The number of hydrogen-bond donors (Lipinski definition) is 1. The molecule has 0 aliphatic carbocycles. The molecule has 1 aliphatic rings. The molecule has 0 radical (unpaired) electrons. The second-order valence-electron chi connectivity index (χ2n) is 6.25. The molecule has 1 saturated heterocycles. The summed E-state index contributed by atoms with van der Waals surface area (Å²) in [5.74, 6) is -0.0486. The summed E-state index contributed by atoms with van der Waals surface area (Å²) in [6.07, 6.45) is 3.83. The van der Waals surface area contributed by atoms with Crippen LogP contribution in [0.5, 0.6) is 0 Å². The Morgan fingerprint density at radius 2 is 2.12 bits per heavy atom. The molecule has 7 nitrogen and oxygen atoms in total. The first kappa shape index (κ1) is 18.3. The molecule has 8 heteroatoms. The van der Waals surface area contributed by atoms with E-state index in [4.69, 9.17) is 0 Å². The van der Waals surface area contributed by atoms with Gasteiger partial charge >= 0.3 is 0 Å². The van der Waals surface area contributed by atoms with Crippen molar-refractivity contribution < 1.29 is 13.2 Å². The highest BCUT2D eigenvalue weighted by atomic mass is 32.2. The number of carbonyl (C=O) groups excluding carboxylic acids is 1. The Balaban J connectivity index is 1.64. The largest absolute Gasteiger partial charge is 0.378 e.